The molecule has 0 aliphatic heterocycles. The minimum Gasteiger partial charge on any atom is -0.215 e. The summed E-state index contributed by atoms with van der Waals surface area (Å²) in [5.74, 6) is 1.62. The van der Waals surface area contributed by atoms with E-state index in [0.717, 1.165) is 16.5 Å². The molecule has 0 amide bonds. The van der Waals surface area contributed by atoms with Crippen LogP contribution in [0, 0.1) is 0 Å². The molecule has 0 saturated carbocycles. The number of benzene rings is 1. The number of fused-ring (bicyclic) bond motifs is 1. The van der Waals surface area contributed by atoms with Crippen molar-refractivity contribution in [1.82, 2.24) is 4.72 Å². The first kappa shape index (κ1) is 15.1. The summed E-state index contributed by atoms with van der Waals surface area (Å²) in [5, 5.41) is 4.08. The van der Waals surface area contributed by atoms with Gasteiger partial charge in [-0.25, -0.2) is 13.1 Å². The van der Waals surface area contributed by atoms with E-state index in [9.17, 15) is 8.42 Å². The number of nitrogens with one attached hydrogen (secondary N) is 1. The van der Waals surface area contributed by atoms with Gasteiger partial charge in [0.15, 0.2) is 0 Å². The van der Waals surface area contributed by atoms with Crippen molar-refractivity contribution in [1.29, 1.82) is 0 Å². The molecule has 2 rings (SSSR count). The summed E-state index contributed by atoms with van der Waals surface area (Å²) in [6.07, 6.45) is 1.17. The molecule has 0 bridgehead atoms. The van der Waals surface area contributed by atoms with Crippen molar-refractivity contribution in [2.45, 2.75) is 5.75 Å². The average Bonchev–Trinajstić information content (AvgIpc) is 2.70. The maximum Gasteiger partial charge on any atom is 0.208 e. The van der Waals surface area contributed by atoms with Crippen LogP contribution in [0.3, 0.4) is 0 Å². The molecule has 0 fully saturated rings. The zero-order valence-corrected chi connectivity index (χ0v) is 13.6. The van der Waals surface area contributed by atoms with Gasteiger partial charge in [-0.15, -0.1) is 11.3 Å². The number of sulfonamides is 1. The molecule has 0 unspecified atom stereocenters. The molecule has 0 aliphatic rings. The van der Waals surface area contributed by atoms with Crippen molar-refractivity contribution in [3.8, 4) is 0 Å². The Morgan fingerprint density at radius 3 is 2.95 bits per heavy atom. The van der Waals surface area contributed by atoms with Crippen molar-refractivity contribution in [2.24, 2.45) is 0 Å². The van der Waals surface area contributed by atoms with Crippen LogP contribution in [-0.4, -0.2) is 27.0 Å². The Kier molecular flexibility index (Phi) is 5.14. The second-order valence-electron chi connectivity index (χ2n) is 4.12. The predicted octanol–water partition coefficient (Wildman–Crippen LogP) is 3.34. The summed E-state index contributed by atoms with van der Waals surface area (Å²) in [5.41, 5.74) is 1.26. The van der Waals surface area contributed by atoms with Crippen molar-refractivity contribution < 1.29 is 8.42 Å². The smallest absolute Gasteiger partial charge is 0.208 e. The lowest BCUT2D eigenvalue weighted by molar-refractivity contribution is 0.590. The fourth-order valence-corrected chi connectivity index (χ4v) is 4.32. The summed E-state index contributed by atoms with van der Waals surface area (Å²) < 4.78 is 25.5. The summed E-state index contributed by atoms with van der Waals surface area (Å²) >= 11 is 9.42. The van der Waals surface area contributed by atoms with Crippen LogP contribution in [0.4, 0.5) is 0 Å². The number of thiophene rings is 1. The van der Waals surface area contributed by atoms with Gasteiger partial charge >= 0.3 is 0 Å². The van der Waals surface area contributed by atoms with Crippen LogP contribution in [0.15, 0.2) is 23.6 Å². The van der Waals surface area contributed by atoms with E-state index in [1.165, 1.54) is 21.9 Å². The number of halogens is 1. The zero-order chi connectivity index (χ0) is 13.9. The van der Waals surface area contributed by atoms with E-state index >= 15 is 0 Å². The Morgan fingerprint density at radius 2 is 2.21 bits per heavy atom. The molecule has 7 heteroatoms. The van der Waals surface area contributed by atoms with E-state index in [2.05, 4.69) is 10.1 Å². The van der Waals surface area contributed by atoms with Gasteiger partial charge in [-0.05, 0) is 34.5 Å². The van der Waals surface area contributed by atoms with Crippen LogP contribution in [-0.2, 0) is 15.8 Å². The largest absolute Gasteiger partial charge is 0.215 e. The van der Waals surface area contributed by atoms with Gasteiger partial charge in [0.2, 0.25) is 10.0 Å². The minimum absolute atomic E-state index is 0.465. The molecule has 1 aromatic carbocycles. The highest BCUT2D eigenvalue weighted by atomic mass is 35.5. The molecule has 1 aromatic heterocycles. The van der Waals surface area contributed by atoms with E-state index < -0.39 is 10.0 Å². The summed E-state index contributed by atoms with van der Waals surface area (Å²) in [7, 11) is -3.08. The van der Waals surface area contributed by atoms with Crippen LogP contribution >= 0.6 is 34.7 Å². The summed E-state index contributed by atoms with van der Waals surface area (Å²) in [4.78, 5) is 0. The second kappa shape index (κ2) is 6.45. The maximum absolute atomic E-state index is 10.9. The predicted molar refractivity (Wildman–Crippen MR) is 85.8 cm³/mol. The highest BCUT2D eigenvalue weighted by Crippen LogP contribution is 2.30. The normalized spacial score (nSPS) is 12.1. The van der Waals surface area contributed by atoms with E-state index in [-0.39, 0.29) is 0 Å². The summed E-state index contributed by atoms with van der Waals surface area (Å²) in [6.45, 7) is 0.465. The fraction of sp³-hybridized carbons (Fsp3) is 0.333. The summed E-state index contributed by atoms with van der Waals surface area (Å²) in [6, 6.07) is 5.91. The van der Waals surface area contributed by atoms with Crippen LogP contribution < -0.4 is 4.72 Å². The number of rotatable bonds is 6. The molecule has 1 N–H and O–H groups in total. The molecule has 0 saturated heterocycles. The van der Waals surface area contributed by atoms with Gasteiger partial charge in [0.1, 0.15) is 0 Å². The Balaban J connectivity index is 1.90. The van der Waals surface area contributed by atoms with Gasteiger partial charge < -0.3 is 0 Å². The van der Waals surface area contributed by atoms with Gasteiger partial charge in [0.25, 0.3) is 0 Å². The Morgan fingerprint density at radius 1 is 1.42 bits per heavy atom. The third-order valence-corrected chi connectivity index (χ3v) is 5.47. The highest BCUT2D eigenvalue weighted by molar-refractivity contribution is 7.98. The molecule has 0 spiro atoms. The van der Waals surface area contributed by atoms with Gasteiger partial charge in [-0.2, -0.15) is 11.8 Å². The molecule has 3 nitrogen and oxygen atoms in total. The number of hydrogen-bond acceptors (Lipinski definition) is 4. The highest BCUT2D eigenvalue weighted by Gasteiger charge is 2.05. The standard InChI is InChI=1S/C12H14ClNO2S3/c1-19(15,16)14-4-5-17-7-9-8-18-12-3-2-10(13)6-11(9)12/h2-3,6,8,14H,4-5,7H2,1H3. The first-order valence-corrected chi connectivity index (χ1v) is 9.94. The SMILES string of the molecule is CS(=O)(=O)NCCSCc1csc2ccc(Cl)cc12. The van der Waals surface area contributed by atoms with Crippen LogP contribution in [0.5, 0.6) is 0 Å². The van der Waals surface area contributed by atoms with Gasteiger partial charge in [-0.1, -0.05) is 11.6 Å². The number of thioether (sulfide) groups is 1. The molecular formula is C12H14ClNO2S3. The fourth-order valence-electron chi connectivity index (χ4n) is 1.65. The third-order valence-electron chi connectivity index (χ3n) is 2.48. The topological polar surface area (TPSA) is 46.2 Å². The second-order valence-corrected chi connectivity index (χ2v) is 8.41. The molecule has 0 atom stereocenters. The number of hydrogen-bond donors (Lipinski definition) is 1. The Labute approximate surface area is 126 Å². The van der Waals surface area contributed by atoms with Gasteiger partial charge in [0.05, 0.1) is 6.26 Å². The zero-order valence-electron chi connectivity index (χ0n) is 10.3. The molecule has 0 aliphatic carbocycles. The van der Waals surface area contributed by atoms with E-state index in [4.69, 9.17) is 11.6 Å². The molecule has 1 heterocycles. The average molecular weight is 336 g/mol. The molecular weight excluding hydrogens is 322 g/mol. The van der Waals surface area contributed by atoms with E-state index in [1.54, 1.807) is 23.1 Å². The maximum atomic E-state index is 10.9. The quantitative estimate of drug-likeness (QED) is 0.823. The van der Waals surface area contributed by atoms with E-state index in [1.807, 2.05) is 18.2 Å². The van der Waals surface area contributed by atoms with Crippen molar-refractivity contribution in [3.05, 3.63) is 34.2 Å². The molecule has 2 aromatic rings. The Hall–Kier alpha value is -0.270. The lowest BCUT2D eigenvalue weighted by atomic mass is 10.2. The Bertz CT molecular complexity index is 667. The van der Waals surface area contributed by atoms with Crippen LogP contribution in [0.2, 0.25) is 5.02 Å². The van der Waals surface area contributed by atoms with Crippen LogP contribution in [0.1, 0.15) is 5.56 Å². The monoisotopic (exact) mass is 335 g/mol. The van der Waals surface area contributed by atoms with Crippen LogP contribution in [0.25, 0.3) is 10.1 Å². The first-order chi connectivity index (χ1) is 8.96. The molecule has 19 heavy (non-hydrogen) atoms. The lowest BCUT2D eigenvalue weighted by Crippen LogP contribution is -2.24. The van der Waals surface area contributed by atoms with Crippen molar-refractivity contribution >= 4 is 54.8 Å². The molecule has 104 valence electrons. The third kappa shape index (κ3) is 4.65. The van der Waals surface area contributed by atoms with Gasteiger partial charge in [-0.3, -0.25) is 0 Å². The van der Waals surface area contributed by atoms with Crippen molar-refractivity contribution in [3.63, 3.8) is 0 Å². The van der Waals surface area contributed by atoms with Gasteiger partial charge in [0, 0.05) is 27.8 Å². The first-order valence-electron chi connectivity index (χ1n) is 5.64. The van der Waals surface area contributed by atoms with E-state index in [0.29, 0.717) is 6.54 Å². The van der Waals surface area contributed by atoms with Crippen molar-refractivity contribution in [2.75, 3.05) is 18.6 Å². The molecule has 0 radical (unpaired) electrons. The minimum atomic E-state index is -3.08. The lowest BCUT2D eigenvalue weighted by Gasteiger charge is -2.02.